The molecule has 0 aliphatic carbocycles. The van der Waals surface area contributed by atoms with E-state index < -0.39 is 38.3 Å². The minimum Gasteiger partial charge on any atom is -0.479 e. The molecule has 1 atom stereocenters. The Morgan fingerprint density at radius 2 is 1.87 bits per heavy atom. The summed E-state index contributed by atoms with van der Waals surface area (Å²) in [7, 11) is -3.66. The molecular weight excluding hydrogens is 318 g/mol. The molecule has 0 spiro atoms. The molecule has 1 aliphatic rings. The van der Waals surface area contributed by atoms with E-state index in [0.717, 1.165) is 10.5 Å². The van der Waals surface area contributed by atoms with Gasteiger partial charge in [0.2, 0.25) is 5.91 Å². The highest BCUT2D eigenvalue weighted by atomic mass is 32.2. The Kier molecular flexibility index (Phi) is 4.52. The summed E-state index contributed by atoms with van der Waals surface area (Å²) in [5.41, 5.74) is 1.43. The molecule has 6 nitrogen and oxygen atoms in total. The summed E-state index contributed by atoms with van der Waals surface area (Å²) in [6, 6.07) is 5.90. The summed E-state index contributed by atoms with van der Waals surface area (Å²) in [4.78, 5) is 25.3. The molecule has 1 N–H and O–H groups in total. The van der Waals surface area contributed by atoms with Crippen LogP contribution < -0.4 is 0 Å². The average molecular weight is 339 g/mol. The van der Waals surface area contributed by atoms with E-state index in [1.54, 1.807) is 12.1 Å². The largest absolute Gasteiger partial charge is 0.479 e. The first-order valence-corrected chi connectivity index (χ1v) is 9.02. The fraction of sp³-hybridized carbons (Fsp3) is 0.500. The Morgan fingerprint density at radius 3 is 2.43 bits per heavy atom. The van der Waals surface area contributed by atoms with E-state index in [-0.39, 0.29) is 6.54 Å². The molecular formula is C16H21NO5S. The maximum atomic E-state index is 12.5. The molecule has 0 fully saturated rings. The number of aliphatic carboxylic acids is 1. The quantitative estimate of drug-likeness (QED) is 0.899. The van der Waals surface area contributed by atoms with Crippen LogP contribution >= 0.6 is 0 Å². The lowest BCUT2D eigenvalue weighted by molar-refractivity contribution is -0.150. The third kappa shape index (κ3) is 3.39. The van der Waals surface area contributed by atoms with E-state index in [2.05, 4.69) is 0 Å². The van der Waals surface area contributed by atoms with Crippen molar-refractivity contribution < 1.29 is 23.1 Å². The molecule has 1 unspecified atom stereocenters. The summed E-state index contributed by atoms with van der Waals surface area (Å²) in [5.74, 6) is -2.50. The zero-order valence-electron chi connectivity index (χ0n) is 13.4. The lowest BCUT2D eigenvalue weighted by atomic mass is 9.92. The second-order valence-corrected chi connectivity index (χ2v) is 9.39. The molecule has 1 amide bonds. The number of carboxylic acid groups (broad SMARTS) is 1. The standard InChI is InChI=1S/C16H21NO5S/c1-16(2,3)23(21,22)10-13(18)17-9-8-11-6-4-5-7-12(11)14(17)15(19)20/h4-7,14H,8-10H2,1-3H3,(H,19,20). The molecule has 1 aromatic rings. The molecule has 23 heavy (non-hydrogen) atoms. The molecule has 2 rings (SSSR count). The fourth-order valence-corrected chi connectivity index (χ4v) is 3.49. The van der Waals surface area contributed by atoms with Crippen LogP contribution in [0.25, 0.3) is 0 Å². The third-order valence-electron chi connectivity index (χ3n) is 4.08. The van der Waals surface area contributed by atoms with Crippen LogP contribution in [-0.4, -0.2) is 47.3 Å². The monoisotopic (exact) mass is 339 g/mol. The van der Waals surface area contributed by atoms with Gasteiger partial charge in [0.15, 0.2) is 15.9 Å². The first-order valence-electron chi connectivity index (χ1n) is 7.37. The molecule has 0 saturated carbocycles. The maximum Gasteiger partial charge on any atom is 0.331 e. The number of hydrogen-bond donors (Lipinski definition) is 1. The van der Waals surface area contributed by atoms with E-state index in [9.17, 15) is 23.1 Å². The van der Waals surface area contributed by atoms with Crippen LogP contribution in [-0.2, 0) is 25.8 Å². The molecule has 1 aromatic carbocycles. The smallest absolute Gasteiger partial charge is 0.331 e. The van der Waals surface area contributed by atoms with Gasteiger partial charge < -0.3 is 10.0 Å². The van der Waals surface area contributed by atoms with Gasteiger partial charge in [-0.05, 0) is 38.3 Å². The maximum absolute atomic E-state index is 12.5. The summed E-state index contributed by atoms with van der Waals surface area (Å²) < 4.78 is 23.4. The molecule has 0 bridgehead atoms. The van der Waals surface area contributed by atoms with Crippen molar-refractivity contribution in [1.82, 2.24) is 4.90 Å². The van der Waals surface area contributed by atoms with E-state index in [4.69, 9.17) is 0 Å². The van der Waals surface area contributed by atoms with Gasteiger partial charge in [-0.15, -0.1) is 0 Å². The number of nitrogens with zero attached hydrogens (tertiary/aromatic N) is 1. The van der Waals surface area contributed by atoms with Crippen molar-refractivity contribution in [1.29, 1.82) is 0 Å². The number of sulfone groups is 1. The normalized spacial score (nSPS) is 18.4. The van der Waals surface area contributed by atoms with Crippen molar-refractivity contribution in [3.8, 4) is 0 Å². The number of benzene rings is 1. The number of fused-ring (bicyclic) bond motifs is 1. The number of carbonyl (C=O) groups is 2. The zero-order valence-corrected chi connectivity index (χ0v) is 14.3. The van der Waals surface area contributed by atoms with E-state index in [1.165, 1.54) is 20.8 Å². The SMILES string of the molecule is CC(C)(C)S(=O)(=O)CC(=O)N1CCc2ccccc2C1C(=O)O. The van der Waals surface area contributed by atoms with Gasteiger partial charge in [-0.2, -0.15) is 0 Å². The molecule has 7 heteroatoms. The van der Waals surface area contributed by atoms with Gasteiger partial charge >= 0.3 is 5.97 Å². The van der Waals surface area contributed by atoms with Crippen molar-refractivity contribution in [3.05, 3.63) is 35.4 Å². The van der Waals surface area contributed by atoms with Crippen molar-refractivity contribution in [3.63, 3.8) is 0 Å². The average Bonchev–Trinajstić information content (AvgIpc) is 2.44. The highest BCUT2D eigenvalue weighted by molar-refractivity contribution is 7.93. The van der Waals surface area contributed by atoms with Crippen LogP contribution in [0.2, 0.25) is 0 Å². The Morgan fingerprint density at radius 1 is 1.26 bits per heavy atom. The van der Waals surface area contributed by atoms with Crippen LogP contribution in [0.15, 0.2) is 24.3 Å². The molecule has 0 saturated heterocycles. The number of rotatable bonds is 3. The first-order chi connectivity index (χ1) is 10.5. The number of hydrogen-bond acceptors (Lipinski definition) is 4. The van der Waals surface area contributed by atoms with E-state index in [0.29, 0.717) is 12.0 Å². The van der Waals surface area contributed by atoms with E-state index in [1.807, 2.05) is 12.1 Å². The van der Waals surface area contributed by atoms with Gasteiger partial charge in [-0.3, -0.25) is 4.79 Å². The summed E-state index contributed by atoms with van der Waals surface area (Å²) in [6.07, 6.45) is 0.515. The van der Waals surface area contributed by atoms with Gasteiger partial charge in [0.1, 0.15) is 5.75 Å². The molecule has 1 aliphatic heterocycles. The number of amides is 1. The molecule has 0 radical (unpaired) electrons. The number of carboxylic acids is 1. The lowest BCUT2D eigenvalue weighted by Gasteiger charge is -2.35. The van der Waals surface area contributed by atoms with Crippen LogP contribution in [0, 0.1) is 0 Å². The van der Waals surface area contributed by atoms with Gasteiger partial charge in [0.05, 0.1) is 4.75 Å². The molecule has 126 valence electrons. The number of carbonyl (C=O) groups excluding carboxylic acids is 1. The van der Waals surface area contributed by atoms with Crippen molar-refractivity contribution in [2.24, 2.45) is 0 Å². The Hall–Kier alpha value is -1.89. The lowest BCUT2D eigenvalue weighted by Crippen LogP contribution is -2.47. The summed E-state index contributed by atoms with van der Waals surface area (Å²) in [5, 5.41) is 9.52. The van der Waals surface area contributed by atoms with Gasteiger partial charge in [0, 0.05) is 6.54 Å². The van der Waals surface area contributed by atoms with Crippen LogP contribution in [0.3, 0.4) is 0 Å². The van der Waals surface area contributed by atoms with Crippen molar-refractivity contribution >= 4 is 21.7 Å². The molecule has 0 aromatic heterocycles. The summed E-state index contributed by atoms with van der Waals surface area (Å²) >= 11 is 0. The minimum absolute atomic E-state index is 0.201. The van der Waals surface area contributed by atoms with E-state index >= 15 is 0 Å². The third-order valence-corrected chi connectivity index (χ3v) is 6.58. The van der Waals surface area contributed by atoms with Crippen LogP contribution in [0.1, 0.15) is 37.9 Å². The highest BCUT2D eigenvalue weighted by Crippen LogP contribution is 2.30. The summed E-state index contributed by atoms with van der Waals surface area (Å²) in [6.45, 7) is 4.77. The predicted octanol–water partition coefficient (Wildman–Crippen LogP) is 1.41. The topological polar surface area (TPSA) is 91.8 Å². The minimum atomic E-state index is -3.66. The van der Waals surface area contributed by atoms with Gasteiger partial charge in [-0.25, -0.2) is 13.2 Å². The second kappa shape index (κ2) is 5.96. The predicted molar refractivity (Wildman–Crippen MR) is 85.8 cm³/mol. The van der Waals surface area contributed by atoms with Crippen molar-refractivity contribution in [2.75, 3.05) is 12.3 Å². The Labute approximate surface area is 136 Å². The highest BCUT2D eigenvalue weighted by Gasteiger charge is 2.39. The van der Waals surface area contributed by atoms with Crippen LogP contribution in [0.4, 0.5) is 0 Å². The Bertz CT molecular complexity index is 733. The van der Waals surface area contributed by atoms with Crippen molar-refractivity contribution in [2.45, 2.75) is 38.0 Å². The first kappa shape index (κ1) is 17.5. The fourth-order valence-electron chi connectivity index (χ4n) is 2.56. The molecule has 1 heterocycles. The Balaban J connectivity index is 2.33. The zero-order chi connectivity index (χ0) is 17.4. The second-order valence-electron chi connectivity index (χ2n) is 6.65. The van der Waals surface area contributed by atoms with Gasteiger partial charge in [0.25, 0.3) is 0 Å². The van der Waals surface area contributed by atoms with Gasteiger partial charge in [-0.1, -0.05) is 24.3 Å². The van der Waals surface area contributed by atoms with Crippen LogP contribution in [0.5, 0.6) is 0 Å².